The van der Waals surface area contributed by atoms with Gasteiger partial charge in [-0.25, -0.2) is 0 Å². The van der Waals surface area contributed by atoms with E-state index in [1.165, 1.54) is 11.8 Å². The largest absolute Gasteiger partial charge is 0.497 e. The Morgan fingerprint density at radius 1 is 0.857 bits per heavy atom. The van der Waals surface area contributed by atoms with Crippen molar-refractivity contribution in [1.29, 1.82) is 0 Å². The van der Waals surface area contributed by atoms with Gasteiger partial charge in [-0.1, -0.05) is 23.9 Å². The maximum atomic E-state index is 12.8. The van der Waals surface area contributed by atoms with E-state index in [4.69, 9.17) is 14.2 Å². The van der Waals surface area contributed by atoms with Gasteiger partial charge in [0.15, 0.2) is 16.8 Å². The number of carbonyl (C=O) groups is 1. The van der Waals surface area contributed by atoms with E-state index in [-0.39, 0.29) is 11.5 Å². The molecule has 1 N–H and O–H groups in total. The number of nitrogens with zero attached hydrogens (tertiary/aromatic N) is 3. The van der Waals surface area contributed by atoms with Crippen LogP contribution in [0.1, 0.15) is 16.2 Å². The molecule has 4 rings (SSSR count). The van der Waals surface area contributed by atoms with E-state index in [9.17, 15) is 4.79 Å². The fraction of sp³-hybridized carbons (Fsp3) is 0.192. The normalized spacial score (nSPS) is 10.6. The molecule has 35 heavy (non-hydrogen) atoms. The maximum Gasteiger partial charge on any atom is 0.196 e. The summed E-state index contributed by atoms with van der Waals surface area (Å²) < 4.78 is 17.9. The molecule has 0 aliphatic rings. The molecule has 9 heteroatoms. The first kappa shape index (κ1) is 24.2. The number of nitrogens with one attached hydrogen (secondary N) is 1. The van der Waals surface area contributed by atoms with Crippen molar-refractivity contribution in [2.24, 2.45) is 0 Å². The minimum atomic E-state index is -0.00913. The van der Waals surface area contributed by atoms with Crippen molar-refractivity contribution in [3.63, 3.8) is 0 Å². The Kier molecular flexibility index (Phi) is 7.89. The number of anilines is 1. The molecular weight excluding hydrogens is 464 g/mol. The van der Waals surface area contributed by atoms with Gasteiger partial charge in [-0.3, -0.25) is 9.36 Å². The van der Waals surface area contributed by atoms with Crippen LogP contribution in [0.2, 0.25) is 0 Å². The average Bonchev–Trinajstić information content (AvgIpc) is 3.33. The van der Waals surface area contributed by atoms with Crippen LogP contribution >= 0.6 is 11.8 Å². The van der Waals surface area contributed by atoms with Crippen LogP contribution in [-0.2, 0) is 6.54 Å². The molecule has 0 saturated heterocycles. The van der Waals surface area contributed by atoms with Gasteiger partial charge in [-0.05, 0) is 60.7 Å². The highest BCUT2D eigenvalue weighted by Crippen LogP contribution is 2.29. The third-order valence-corrected chi connectivity index (χ3v) is 6.24. The molecule has 0 saturated carbocycles. The fourth-order valence-corrected chi connectivity index (χ4v) is 4.30. The number of methoxy groups -OCH3 is 3. The molecule has 0 fully saturated rings. The van der Waals surface area contributed by atoms with E-state index >= 15 is 0 Å². The second-order valence-electron chi connectivity index (χ2n) is 7.43. The van der Waals surface area contributed by atoms with Gasteiger partial charge in [-0.2, -0.15) is 0 Å². The molecule has 0 aliphatic carbocycles. The highest BCUT2D eigenvalue weighted by atomic mass is 32.2. The Bertz CT molecular complexity index is 1270. The SMILES string of the molecule is COc1ccc(NCc2nnc(SCC(=O)c3ccc(OC)cc3)n2-c2ccccc2OC)cc1. The van der Waals surface area contributed by atoms with E-state index in [2.05, 4.69) is 15.5 Å². The average molecular weight is 491 g/mol. The van der Waals surface area contributed by atoms with Crippen LogP contribution in [0.3, 0.4) is 0 Å². The van der Waals surface area contributed by atoms with E-state index in [0.717, 1.165) is 17.1 Å². The van der Waals surface area contributed by atoms with Crippen molar-refractivity contribution >= 4 is 23.2 Å². The first-order valence-electron chi connectivity index (χ1n) is 10.9. The minimum absolute atomic E-state index is 0.00913. The molecule has 0 atom stereocenters. The lowest BCUT2D eigenvalue weighted by molar-refractivity contribution is 0.102. The first-order chi connectivity index (χ1) is 17.1. The molecule has 0 amide bonds. The van der Waals surface area contributed by atoms with Gasteiger partial charge in [0, 0.05) is 11.3 Å². The summed E-state index contributed by atoms with van der Waals surface area (Å²) >= 11 is 1.33. The molecule has 1 aromatic heterocycles. The van der Waals surface area contributed by atoms with E-state index in [1.54, 1.807) is 45.6 Å². The minimum Gasteiger partial charge on any atom is -0.497 e. The number of benzene rings is 3. The number of rotatable bonds is 11. The van der Waals surface area contributed by atoms with Crippen molar-refractivity contribution in [3.8, 4) is 22.9 Å². The van der Waals surface area contributed by atoms with Gasteiger partial charge >= 0.3 is 0 Å². The van der Waals surface area contributed by atoms with Crippen molar-refractivity contribution in [2.45, 2.75) is 11.7 Å². The Morgan fingerprint density at radius 3 is 2.17 bits per heavy atom. The number of para-hydroxylation sites is 2. The predicted molar refractivity (Wildman–Crippen MR) is 136 cm³/mol. The summed E-state index contributed by atoms with van der Waals surface area (Å²) in [5.41, 5.74) is 2.33. The van der Waals surface area contributed by atoms with Crippen LogP contribution in [0.25, 0.3) is 5.69 Å². The molecule has 0 bridgehead atoms. The molecule has 0 spiro atoms. The van der Waals surface area contributed by atoms with Crippen LogP contribution in [0.4, 0.5) is 5.69 Å². The Labute approximate surface area is 208 Å². The number of aromatic nitrogens is 3. The molecule has 0 unspecified atom stereocenters. The number of ketones is 1. The Hall–Kier alpha value is -3.98. The summed E-state index contributed by atoms with van der Waals surface area (Å²) in [6.07, 6.45) is 0. The number of carbonyl (C=O) groups excluding carboxylic acids is 1. The van der Waals surface area contributed by atoms with Crippen LogP contribution in [0.5, 0.6) is 17.2 Å². The van der Waals surface area contributed by atoms with Crippen LogP contribution in [0.15, 0.2) is 78.0 Å². The molecule has 4 aromatic rings. The van der Waals surface area contributed by atoms with E-state index in [0.29, 0.717) is 34.6 Å². The second-order valence-corrected chi connectivity index (χ2v) is 8.37. The molecule has 1 heterocycles. The highest BCUT2D eigenvalue weighted by Gasteiger charge is 2.19. The topological polar surface area (TPSA) is 87.5 Å². The van der Waals surface area contributed by atoms with Gasteiger partial charge in [-0.15, -0.1) is 10.2 Å². The van der Waals surface area contributed by atoms with E-state index in [1.807, 2.05) is 53.1 Å². The summed E-state index contributed by atoms with van der Waals surface area (Å²) in [5, 5.41) is 12.8. The van der Waals surface area contributed by atoms with Gasteiger partial charge in [0.2, 0.25) is 0 Å². The summed E-state index contributed by atoms with van der Waals surface area (Å²) in [7, 11) is 4.85. The van der Waals surface area contributed by atoms with Gasteiger partial charge in [0.25, 0.3) is 0 Å². The summed E-state index contributed by atoms with van der Waals surface area (Å²) in [6.45, 7) is 0.421. The summed E-state index contributed by atoms with van der Waals surface area (Å²) in [5.74, 6) is 3.06. The third kappa shape index (κ3) is 5.75. The maximum absolute atomic E-state index is 12.8. The molecule has 180 valence electrons. The molecule has 8 nitrogen and oxygen atoms in total. The lowest BCUT2D eigenvalue weighted by Crippen LogP contribution is -2.10. The summed E-state index contributed by atoms with van der Waals surface area (Å²) in [4.78, 5) is 12.8. The van der Waals surface area contributed by atoms with Gasteiger partial charge < -0.3 is 19.5 Å². The van der Waals surface area contributed by atoms with Gasteiger partial charge in [0.1, 0.15) is 17.2 Å². The van der Waals surface area contributed by atoms with E-state index < -0.39 is 0 Å². The second kappa shape index (κ2) is 11.4. The summed E-state index contributed by atoms with van der Waals surface area (Å²) in [6, 6.07) is 22.4. The molecule has 3 aromatic carbocycles. The predicted octanol–water partition coefficient (Wildman–Crippen LogP) is 4.88. The highest BCUT2D eigenvalue weighted by molar-refractivity contribution is 7.99. The lowest BCUT2D eigenvalue weighted by atomic mass is 10.1. The van der Waals surface area contributed by atoms with Crippen molar-refractivity contribution in [1.82, 2.24) is 14.8 Å². The number of ether oxygens (including phenoxy) is 3. The number of Topliss-reactive ketones (excluding diaryl/α,β-unsaturated/α-hetero) is 1. The molecular formula is C26H26N4O4S. The zero-order valence-electron chi connectivity index (χ0n) is 19.7. The van der Waals surface area contributed by atoms with Crippen molar-refractivity contribution in [2.75, 3.05) is 32.4 Å². The number of thioether (sulfide) groups is 1. The quantitative estimate of drug-likeness (QED) is 0.235. The standard InChI is InChI=1S/C26H26N4O4S/c1-32-20-12-8-18(9-13-20)23(31)17-35-26-29-28-25(16-27-19-10-14-21(33-2)15-11-19)30(26)22-6-4-5-7-24(22)34-3/h4-15,27H,16-17H2,1-3H3. The third-order valence-electron chi connectivity index (χ3n) is 5.31. The zero-order chi connectivity index (χ0) is 24.6. The monoisotopic (exact) mass is 490 g/mol. The van der Waals surface area contributed by atoms with Gasteiger partial charge in [0.05, 0.1) is 39.3 Å². The Morgan fingerprint density at radius 2 is 1.51 bits per heavy atom. The number of hydrogen-bond acceptors (Lipinski definition) is 8. The zero-order valence-corrected chi connectivity index (χ0v) is 20.5. The molecule has 0 aliphatic heterocycles. The van der Waals surface area contributed by atoms with Crippen molar-refractivity contribution < 1.29 is 19.0 Å². The smallest absolute Gasteiger partial charge is 0.196 e. The molecule has 0 radical (unpaired) electrons. The van der Waals surface area contributed by atoms with Crippen LogP contribution in [-0.4, -0.2) is 47.6 Å². The first-order valence-corrected chi connectivity index (χ1v) is 11.9. The lowest BCUT2D eigenvalue weighted by Gasteiger charge is -2.14. The van der Waals surface area contributed by atoms with Crippen LogP contribution < -0.4 is 19.5 Å². The van der Waals surface area contributed by atoms with Crippen molar-refractivity contribution in [3.05, 3.63) is 84.2 Å². The van der Waals surface area contributed by atoms with Crippen LogP contribution in [0, 0.1) is 0 Å². The number of hydrogen-bond donors (Lipinski definition) is 1. The Balaban J connectivity index is 1.57. The fourth-order valence-electron chi connectivity index (χ4n) is 3.45.